The molecule has 0 bridgehead atoms. The highest BCUT2D eigenvalue weighted by atomic mass is 16.5. The molecule has 0 aromatic rings. The number of rotatable bonds is 2. The molecule has 43 valence electrons. The van der Waals surface area contributed by atoms with E-state index in [9.17, 15) is 5.11 Å². The maximum atomic E-state index is 9.85. The lowest BCUT2D eigenvalue weighted by Crippen LogP contribution is -2.23. The Morgan fingerprint density at radius 3 is 2.14 bits per heavy atom. The van der Waals surface area contributed by atoms with E-state index in [4.69, 9.17) is 5.11 Å². The molecule has 0 aromatic heterocycles. The van der Waals surface area contributed by atoms with E-state index in [1.54, 1.807) is 19.0 Å². The van der Waals surface area contributed by atoms with E-state index in [1.165, 1.54) is 0 Å². The lowest BCUT2D eigenvalue weighted by molar-refractivity contribution is -0.102. The summed E-state index contributed by atoms with van der Waals surface area (Å²) < 4.78 is 0. The Kier molecular flexibility index (Phi) is 2.91. The molecule has 7 heavy (non-hydrogen) atoms. The standard InChI is InChI=1S/C4H10NO2/c1-5(2)3-4(6)7/h4,6H,3H2,1-2H3. The minimum Gasteiger partial charge on any atom is -0.365 e. The van der Waals surface area contributed by atoms with Crippen LogP contribution in [0.1, 0.15) is 0 Å². The fourth-order valence-corrected chi connectivity index (χ4v) is 0.312. The third kappa shape index (κ3) is 5.88. The van der Waals surface area contributed by atoms with Gasteiger partial charge in [0.05, 0.1) is 6.54 Å². The first-order valence-electron chi connectivity index (χ1n) is 2.11. The molecule has 0 aliphatic rings. The summed E-state index contributed by atoms with van der Waals surface area (Å²) in [6.45, 7) is 0.194. The zero-order valence-electron chi connectivity index (χ0n) is 4.59. The van der Waals surface area contributed by atoms with Gasteiger partial charge in [-0.25, -0.2) is 5.11 Å². The molecule has 0 heterocycles. The second-order valence-electron chi connectivity index (χ2n) is 1.72. The molecule has 1 N–H and O–H groups in total. The van der Waals surface area contributed by atoms with Gasteiger partial charge in [0, 0.05) is 0 Å². The quantitative estimate of drug-likeness (QED) is 0.470. The number of hydrogen-bond acceptors (Lipinski definition) is 2. The Bertz CT molecular complexity index is 39.0. The van der Waals surface area contributed by atoms with Gasteiger partial charge in [-0.1, -0.05) is 0 Å². The Morgan fingerprint density at radius 1 is 1.71 bits per heavy atom. The molecule has 0 fully saturated rings. The van der Waals surface area contributed by atoms with E-state index in [-0.39, 0.29) is 6.54 Å². The van der Waals surface area contributed by atoms with Crippen molar-refractivity contribution < 1.29 is 10.2 Å². The highest BCUT2D eigenvalue weighted by Crippen LogP contribution is 1.77. The number of aliphatic hydroxyl groups is 1. The summed E-state index contributed by atoms with van der Waals surface area (Å²) in [5.74, 6) is 0. The number of hydrogen-bond donors (Lipinski definition) is 1. The van der Waals surface area contributed by atoms with Crippen molar-refractivity contribution in [1.29, 1.82) is 0 Å². The van der Waals surface area contributed by atoms with Crippen molar-refractivity contribution in [3.8, 4) is 0 Å². The van der Waals surface area contributed by atoms with Crippen LogP contribution in [0.2, 0.25) is 0 Å². The zero-order valence-corrected chi connectivity index (χ0v) is 4.59. The molecule has 3 nitrogen and oxygen atoms in total. The maximum Gasteiger partial charge on any atom is 0.201 e. The van der Waals surface area contributed by atoms with Gasteiger partial charge in [-0.15, -0.1) is 0 Å². The van der Waals surface area contributed by atoms with Crippen LogP contribution in [0.25, 0.3) is 0 Å². The lowest BCUT2D eigenvalue weighted by Gasteiger charge is -2.07. The topological polar surface area (TPSA) is 43.4 Å². The summed E-state index contributed by atoms with van der Waals surface area (Å²) >= 11 is 0. The fourth-order valence-electron chi connectivity index (χ4n) is 0.312. The van der Waals surface area contributed by atoms with E-state index in [2.05, 4.69) is 0 Å². The van der Waals surface area contributed by atoms with Crippen LogP contribution >= 0.6 is 0 Å². The molecule has 0 amide bonds. The zero-order chi connectivity index (χ0) is 5.86. The van der Waals surface area contributed by atoms with Crippen molar-refractivity contribution in [3.05, 3.63) is 0 Å². The van der Waals surface area contributed by atoms with Crippen LogP contribution in [0.4, 0.5) is 0 Å². The lowest BCUT2D eigenvalue weighted by atomic mass is 10.6. The molecule has 0 spiro atoms. The van der Waals surface area contributed by atoms with Gasteiger partial charge in [0.15, 0.2) is 0 Å². The normalized spacial score (nSPS) is 11.1. The van der Waals surface area contributed by atoms with Crippen LogP contribution in [-0.4, -0.2) is 36.9 Å². The van der Waals surface area contributed by atoms with Crippen molar-refractivity contribution in [2.45, 2.75) is 6.29 Å². The van der Waals surface area contributed by atoms with Gasteiger partial charge in [0.1, 0.15) is 0 Å². The van der Waals surface area contributed by atoms with Gasteiger partial charge in [-0.2, -0.15) is 0 Å². The smallest absolute Gasteiger partial charge is 0.201 e. The first-order valence-corrected chi connectivity index (χ1v) is 2.11. The van der Waals surface area contributed by atoms with E-state index in [0.717, 1.165) is 0 Å². The van der Waals surface area contributed by atoms with E-state index >= 15 is 0 Å². The van der Waals surface area contributed by atoms with Crippen molar-refractivity contribution >= 4 is 0 Å². The SMILES string of the molecule is CN(C)CC([O])O. The predicted octanol–water partition coefficient (Wildman–Crippen LogP) is -0.703. The van der Waals surface area contributed by atoms with Crippen molar-refractivity contribution in [1.82, 2.24) is 4.90 Å². The second kappa shape index (κ2) is 2.96. The first kappa shape index (κ1) is 6.88. The van der Waals surface area contributed by atoms with Gasteiger partial charge < -0.3 is 10.0 Å². The average Bonchev–Trinajstić information content (AvgIpc) is 1.27. The highest BCUT2D eigenvalue weighted by molar-refractivity contribution is 4.40. The summed E-state index contributed by atoms with van der Waals surface area (Å²) in [7, 11) is 3.47. The van der Waals surface area contributed by atoms with Gasteiger partial charge in [-0.3, -0.25) is 0 Å². The summed E-state index contributed by atoms with van der Waals surface area (Å²) in [5, 5.41) is 18.0. The summed E-state index contributed by atoms with van der Waals surface area (Å²) in [4.78, 5) is 1.64. The van der Waals surface area contributed by atoms with E-state index < -0.39 is 6.29 Å². The average molecular weight is 104 g/mol. The van der Waals surface area contributed by atoms with E-state index in [0.29, 0.717) is 0 Å². The molecule has 0 aromatic carbocycles. The van der Waals surface area contributed by atoms with Crippen LogP contribution in [0, 0.1) is 0 Å². The third-order valence-electron chi connectivity index (χ3n) is 0.521. The minimum absolute atomic E-state index is 0.194. The Hall–Kier alpha value is -0.120. The van der Waals surface area contributed by atoms with Crippen LogP contribution in [0.3, 0.4) is 0 Å². The molecule has 0 saturated carbocycles. The van der Waals surface area contributed by atoms with Crippen LogP contribution in [0.15, 0.2) is 0 Å². The van der Waals surface area contributed by atoms with Crippen LogP contribution in [0.5, 0.6) is 0 Å². The summed E-state index contributed by atoms with van der Waals surface area (Å²) in [5.41, 5.74) is 0. The maximum absolute atomic E-state index is 9.85. The van der Waals surface area contributed by atoms with Gasteiger partial charge in [0.2, 0.25) is 6.29 Å². The second-order valence-corrected chi connectivity index (χ2v) is 1.72. The molecular weight excluding hydrogens is 94.0 g/mol. The monoisotopic (exact) mass is 104 g/mol. The molecule has 1 radical (unpaired) electrons. The van der Waals surface area contributed by atoms with Crippen LogP contribution in [-0.2, 0) is 5.11 Å². The summed E-state index contributed by atoms with van der Waals surface area (Å²) in [6.07, 6.45) is -1.45. The third-order valence-corrected chi connectivity index (χ3v) is 0.521. The predicted molar refractivity (Wildman–Crippen MR) is 25.2 cm³/mol. The van der Waals surface area contributed by atoms with Gasteiger partial charge in [-0.05, 0) is 14.1 Å². The van der Waals surface area contributed by atoms with Gasteiger partial charge >= 0.3 is 0 Å². The molecule has 1 atom stereocenters. The Morgan fingerprint density at radius 2 is 2.14 bits per heavy atom. The van der Waals surface area contributed by atoms with E-state index in [1.807, 2.05) is 0 Å². The van der Waals surface area contributed by atoms with Gasteiger partial charge in [0.25, 0.3) is 0 Å². The van der Waals surface area contributed by atoms with Crippen LogP contribution < -0.4 is 0 Å². The number of aliphatic hydroxyl groups excluding tert-OH is 1. The molecule has 0 saturated heterocycles. The van der Waals surface area contributed by atoms with Crippen molar-refractivity contribution in [2.24, 2.45) is 0 Å². The Labute approximate surface area is 43.2 Å². The molecule has 3 heteroatoms. The molecular formula is C4H10NO2. The number of likely N-dealkylation sites (N-methyl/N-ethyl adjacent to an activating group) is 1. The van der Waals surface area contributed by atoms with Crippen molar-refractivity contribution in [3.63, 3.8) is 0 Å². The highest BCUT2D eigenvalue weighted by Gasteiger charge is 1.98. The number of nitrogens with zero attached hydrogens (tertiary/aromatic N) is 1. The molecule has 0 aliphatic carbocycles. The minimum atomic E-state index is -1.45. The fraction of sp³-hybridized carbons (Fsp3) is 1.00. The molecule has 0 aliphatic heterocycles. The molecule has 1 unspecified atom stereocenters. The largest absolute Gasteiger partial charge is 0.365 e. The summed E-state index contributed by atoms with van der Waals surface area (Å²) in [6, 6.07) is 0. The Balaban J connectivity index is 2.95. The van der Waals surface area contributed by atoms with Crippen molar-refractivity contribution in [2.75, 3.05) is 20.6 Å². The molecule has 0 rings (SSSR count). The first-order chi connectivity index (χ1) is 3.13.